The van der Waals surface area contributed by atoms with E-state index in [9.17, 15) is 0 Å². The predicted molar refractivity (Wildman–Crippen MR) is 41.9 cm³/mol. The van der Waals surface area contributed by atoms with Crippen LogP contribution < -0.4 is 0 Å². The van der Waals surface area contributed by atoms with Crippen molar-refractivity contribution in [3.8, 4) is 0 Å². The van der Waals surface area contributed by atoms with Gasteiger partial charge in [0.15, 0.2) is 0 Å². The van der Waals surface area contributed by atoms with Crippen molar-refractivity contribution >= 4 is 30.4 Å². The topological polar surface area (TPSA) is 18.5 Å². The number of ether oxygens (including phenoxy) is 1. The highest BCUT2D eigenvalue weighted by atomic mass is 127. The van der Waals surface area contributed by atoms with E-state index in [1.54, 1.807) is 0 Å². The van der Waals surface area contributed by atoms with Crippen LogP contribution in [0.15, 0.2) is 0 Å². The maximum Gasteiger partial charge on any atom is 0.0986 e. The first kappa shape index (κ1) is 7.11. The lowest BCUT2D eigenvalue weighted by Gasteiger charge is -2.01. The normalized spacial score (nSPS) is 28.9. The Bertz CT molecular complexity index is 65.1. The van der Waals surface area contributed by atoms with Crippen molar-refractivity contribution in [1.29, 1.82) is 0 Å². The molecule has 48 valence electrons. The Balaban J connectivity index is 2.06. The first-order chi connectivity index (χ1) is 3.93. The molecular weight excluding hydrogens is 239 g/mol. The maximum absolute atomic E-state index is 5.18. The monoisotopic (exact) mass is 246 g/mol. The second-order valence-electron chi connectivity index (χ2n) is 1.64. The fourth-order valence-corrected chi connectivity index (χ4v) is 1.78. The van der Waals surface area contributed by atoms with E-state index in [0.29, 0.717) is 6.10 Å². The van der Waals surface area contributed by atoms with Gasteiger partial charge < -0.3 is 4.74 Å². The first-order valence-electron chi connectivity index (χ1n) is 2.45. The molecule has 8 heavy (non-hydrogen) atoms. The molecule has 0 saturated carbocycles. The Kier molecular flexibility index (Phi) is 3.48. The Morgan fingerprint density at radius 1 is 1.75 bits per heavy atom. The molecule has 0 spiro atoms. The van der Waals surface area contributed by atoms with Crippen LogP contribution in [0.25, 0.3) is 0 Å². The summed E-state index contributed by atoms with van der Waals surface area (Å²) in [5.41, 5.74) is 0. The standard InChI is InChI=1S/C4H7IO2S/c5-8-7-4-1-2-6-3-4/h4H,1-3H2. The molecular formula is C4H7IO2S. The van der Waals surface area contributed by atoms with Crippen LogP contribution in [0.1, 0.15) is 6.42 Å². The summed E-state index contributed by atoms with van der Waals surface area (Å²) in [6.07, 6.45) is 1.40. The summed E-state index contributed by atoms with van der Waals surface area (Å²) in [6.45, 7) is 1.64. The van der Waals surface area contributed by atoms with Gasteiger partial charge in [-0.25, -0.2) is 0 Å². The van der Waals surface area contributed by atoms with Gasteiger partial charge in [0.2, 0.25) is 0 Å². The third kappa shape index (κ3) is 2.08. The van der Waals surface area contributed by atoms with Crippen LogP contribution in [0.5, 0.6) is 0 Å². The molecule has 0 bridgehead atoms. The molecule has 1 aliphatic heterocycles. The van der Waals surface area contributed by atoms with E-state index in [1.807, 2.05) is 0 Å². The average molecular weight is 246 g/mol. The Labute approximate surface area is 65.1 Å². The SMILES string of the molecule is ISOC1CCOC1. The Hall–Kier alpha value is 1.00. The van der Waals surface area contributed by atoms with Gasteiger partial charge in [-0.3, -0.25) is 4.18 Å². The van der Waals surface area contributed by atoms with Crippen molar-refractivity contribution in [1.82, 2.24) is 0 Å². The highest BCUT2D eigenvalue weighted by Crippen LogP contribution is 2.20. The van der Waals surface area contributed by atoms with Crippen molar-refractivity contribution in [2.24, 2.45) is 0 Å². The van der Waals surface area contributed by atoms with Crippen LogP contribution in [0.3, 0.4) is 0 Å². The molecule has 0 N–H and O–H groups in total. The van der Waals surface area contributed by atoms with Crippen LogP contribution >= 0.6 is 30.4 Å². The summed E-state index contributed by atoms with van der Waals surface area (Å²) in [4.78, 5) is 0. The van der Waals surface area contributed by atoms with Crippen LogP contribution in [-0.4, -0.2) is 19.3 Å². The molecule has 1 atom stereocenters. The predicted octanol–water partition coefficient (Wildman–Crippen LogP) is 1.79. The van der Waals surface area contributed by atoms with E-state index in [4.69, 9.17) is 8.92 Å². The van der Waals surface area contributed by atoms with Crippen molar-refractivity contribution in [3.63, 3.8) is 0 Å². The molecule has 0 aromatic heterocycles. The van der Waals surface area contributed by atoms with Gasteiger partial charge >= 0.3 is 0 Å². The fraction of sp³-hybridized carbons (Fsp3) is 1.00. The lowest BCUT2D eigenvalue weighted by molar-refractivity contribution is 0.156. The maximum atomic E-state index is 5.18. The van der Waals surface area contributed by atoms with E-state index in [2.05, 4.69) is 21.2 Å². The second-order valence-corrected chi connectivity index (χ2v) is 3.04. The molecule has 4 heteroatoms. The van der Waals surface area contributed by atoms with Crippen LogP contribution in [0.4, 0.5) is 0 Å². The fourth-order valence-electron chi connectivity index (χ4n) is 0.640. The third-order valence-corrected chi connectivity index (χ3v) is 2.03. The van der Waals surface area contributed by atoms with Gasteiger partial charge in [-0.1, -0.05) is 0 Å². The van der Waals surface area contributed by atoms with E-state index >= 15 is 0 Å². The molecule has 0 radical (unpaired) electrons. The number of rotatable bonds is 2. The van der Waals surface area contributed by atoms with Crippen LogP contribution in [0.2, 0.25) is 0 Å². The minimum absolute atomic E-state index is 0.344. The molecule has 0 aromatic carbocycles. The van der Waals surface area contributed by atoms with E-state index in [-0.39, 0.29) is 0 Å². The molecule has 2 nitrogen and oxygen atoms in total. The van der Waals surface area contributed by atoms with E-state index < -0.39 is 0 Å². The zero-order chi connectivity index (χ0) is 5.82. The third-order valence-electron chi connectivity index (χ3n) is 1.06. The summed E-state index contributed by atoms with van der Waals surface area (Å²) < 4.78 is 10.2. The lowest BCUT2D eigenvalue weighted by atomic mass is 10.3. The first-order valence-corrected chi connectivity index (χ1v) is 5.73. The number of hydrogen-bond acceptors (Lipinski definition) is 3. The van der Waals surface area contributed by atoms with E-state index in [1.165, 1.54) is 9.21 Å². The van der Waals surface area contributed by atoms with Gasteiger partial charge in [0.25, 0.3) is 0 Å². The summed E-state index contributed by atoms with van der Waals surface area (Å²) in [6, 6.07) is 0. The molecule has 1 aliphatic rings. The Morgan fingerprint density at radius 3 is 3.12 bits per heavy atom. The number of halogens is 1. The number of hydrogen-bond donors (Lipinski definition) is 0. The summed E-state index contributed by atoms with van der Waals surface area (Å²) in [7, 11) is 1.39. The van der Waals surface area contributed by atoms with Crippen LogP contribution in [0, 0.1) is 0 Å². The van der Waals surface area contributed by atoms with E-state index in [0.717, 1.165) is 19.6 Å². The highest BCUT2D eigenvalue weighted by Gasteiger charge is 2.15. The molecule has 1 unspecified atom stereocenters. The molecule has 1 fully saturated rings. The molecule has 0 aliphatic carbocycles. The largest absolute Gasteiger partial charge is 0.379 e. The zero-order valence-corrected chi connectivity index (χ0v) is 7.28. The van der Waals surface area contributed by atoms with Gasteiger partial charge in [0.05, 0.1) is 21.9 Å². The smallest absolute Gasteiger partial charge is 0.0986 e. The van der Waals surface area contributed by atoms with Gasteiger partial charge in [-0.15, -0.1) is 0 Å². The highest BCUT2D eigenvalue weighted by molar-refractivity contribution is 14.2. The van der Waals surface area contributed by atoms with Crippen molar-refractivity contribution in [2.45, 2.75) is 12.5 Å². The van der Waals surface area contributed by atoms with Crippen molar-refractivity contribution in [3.05, 3.63) is 0 Å². The van der Waals surface area contributed by atoms with Crippen molar-refractivity contribution < 1.29 is 8.92 Å². The minimum Gasteiger partial charge on any atom is -0.379 e. The van der Waals surface area contributed by atoms with Crippen LogP contribution in [-0.2, 0) is 8.92 Å². The minimum atomic E-state index is 0.344. The van der Waals surface area contributed by atoms with Gasteiger partial charge in [0, 0.05) is 34.2 Å². The summed E-state index contributed by atoms with van der Waals surface area (Å²) in [5.74, 6) is 0. The van der Waals surface area contributed by atoms with Gasteiger partial charge in [-0.05, 0) is 0 Å². The second kappa shape index (κ2) is 3.92. The molecule has 1 saturated heterocycles. The van der Waals surface area contributed by atoms with Gasteiger partial charge in [0.1, 0.15) is 0 Å². The quantitative estimate of drug-likeness (QED) is 0.546. The summed E-state index contributed by atoms with van der Waals surface area (Å²) >= 11 is 2.12. The zero-order valence-electron chi connectivity index (χ0n) is 4.30. The molecule has 1 heterocycles. The molecule has 1 rings (SSSR count). The molecule has 0 amide bonds. The summed E-state index contributed by atoms with van der Waals surface area (Å²) in [5, 5.41) is 0. The Morgan fingerprint density at radius 2 is 2.62 bits per heavy atom. The van der Waals surface area contributed by atoms with Gasteiger partial charge in [-0.2, -0.15) is 0 Å². The average Bonchev–Trinajstić information content (AvgIpc) is 2.19. The lowest BCUT2D eigenvalue weighted by Crippen LogP contribution is -2.05. The molecule has 0 aromatic rings. The van der Waals surface area contributed by atoms with Crippen molar-refractivity contribution in [2.75, 3.05) is 13.2 Å².